The van der Waals surface area contributed by atoms with Gasteiger partial charge >= 0.3 is 0 Å². The fraction of sp³-hybridized carbons (Fsp3) is 0.190. The molecule has 0 bridgehead atoms. The highest BCUT2D eigenvalue weighted by Gasteiger charge is 2.22. The van der Waals surface area contributed by atoms with Crippen LogP contribution in [0.25, 0.3) is 5.82 Å². The number of hydrogen-bond donors (Lipinski definition) is 2. The van der Waals surface area contributed by atoms with E-state index in [1.165, 1.54) is 11.7 Å². The number of carbonyl (C=O) groups excluding carboxylic acids is 2. The number of rotatable bonds is 6. The SMILES string of the molecule is CNC(=O)c1cc(Br)cc(C)c1NC(=O)c1cc(CS(C)=NC#N)nn1-c1ncccc1Cl. The van der Waals surface area contributed by atoms with E-state index in [-0.39, 0.29) is 17.4 Å². The molecule has 1 atom stereocenters. The average molecular weight is 549 g/mol. The predicted octanol–water partition coefficient (Wildman–Crippen LogP) is 4.02. The number of nitrogens with one attached hydrogen (secondary N) is 2. The monoisotopic (exact) mass is 547 g/mol. The number of nitriles is 1. The van der Waals surface area contributed by atoms with Crippen LogP contribution >= 0.6 is 27.5 Å². The summed E-state index contributed by atoms with van der Waals surface area (Å²) in [7, 11) is 0.915. The van der Waals surface area contributed by atoms with Gasteiger partial charge in [0.2, 0.25) is 6.19 Å². The average Bonchev–Trinajstić information content (AvgIpc) is 3.18. The van der Waals surface area contributed by atoms with E-state index < -0.39 is 16.6 Å². The minimum atomic E-state index is -0.601. The number of halogens is 2. The van der Waals surface area contributed by atoms with Crippen molar-refractivity contribution in [3.8, 4) is 12.0 Å². The standard InChI is InChI=1S/C21H19BrClN7O2S/c1-12-7-13(22)8-15(20(31)25-2)18(12)28-21(32)17-9-14(10-33(3)27-11-24)29-30(17)19-16(23)5-4-6-26-19/h4-9H,10H2,1-3H3,(H,25,31)(H,28,32). The highest BCUT2D eigenvalue weighted by atomic mass is 79.9. The number of amides is 2. The van der Waals surface area contributed by atoms with Gasteiger partial charge < -0.3 is 10.6 Å². The van der Waals surface area contributed by atoms with Crippen LogP contribution in [0.3, 0.4) is 0 Å². The zero-order valence-electron chi connectivity index (χ0n) is 17.9. The Morgan fingerprint density at radius 3 is 2.76 bits per heavy atom. The molecule has 12 heteroatoms. The van der Waals surface area contributed by atoms with E-state index in [4.69, 9.17) is 16.9 Å². The Bertz CT molecular complexity index is 1320. The van der Waals surface area contributed by atoms with Crippen molar-refractivity contribution in [2.75, 3.05) is 18.6 Å². The Labute approximate surface area is 206 Å². The molecule has 0 saturated carbocycles. The second-order valence-corrected chi connectivity index (χ2v) is 9.85. The summed E-state index contributed by atoms with van der Waals surface area (Å²) in [5.74, 6) is -0.196. The summed E-state index contributed by atoms with van der Waals surface area (Å²) in [5, 5.41) is 19.0. The molecule has 0 aliphatic heterocycles. The number of benzene rings is 1. The number of aryl methyl sites for hydroxylation is 1. The van der Waals surface area contributed by atoms with Crippen LogP contribution < -0.4 is 10.6 Å². The molecule has 33 heavy (non-hydrogen) atoms. The summed E-state index contributed by atoms with van der Waals surface area (Å²) in [5.41, 5.74) is 2.10. The molecule has 3 aromatic rings. The quantitative estimate of drug-likeness (QED) is 0.450. The minimum absolute atomic E-state index is 0.171. The summed E-state index contributed by atoms with van der Waals surface area (Å²) in [4.78, 5) is 30.1. The van der Waals surface area contributed by atoms with Gasteiger partial charge in [0.1, 0.15) is 5.69 Å². The number of anilines is 1. The van der Waals surface area contributed by atoms with Gasteiger partial charge in [-0.1, -0.05) is 38.2 Å². The lowest BCUT2D eigenvalue weighted by atomic mass is 10.1. The van der Waals surface area contributed by atoms with E-state index in [9.17, 15) is 9.59 Å². The molecule has 0 saturated heterocycles. The molecule has 0 aliphatic rings. The van der Waals surface area contributed by atoms with E-state index in [1.807, 2.05) is 0 Å². The van der Waals surface area contributed by atoms with Crippen LogP contribution in [0, 0.1) is 18.4 Å². The molecular formula is C21H19BrClN7O2S. The predicted molar refractivity (Wildman–Crippen MR) is 132 cm³/mol. The minimum Gasteiger partial charge on any atom is -0.355 e. The summed E-state index contributed by atoms with van der Waals surface area (Å²) in [6.07, 6.45) is 5.13. The molecule has 3 rings (SSSR count). The van der Waals surface area contributed by atoms with Crippen molar-refractivity contribution in [1.29, 1.82) is 5.26 Å². The van der Waals surface area contributed by atoms with Crippen LogP contribution in [-0.2, 0) is 16.4 Å². The van der Waals surface area contributed by atoms with Gasteiger partial charge in [0, 0.05) is 23.5 Å². The Hall–Kier alpha value is -3.07. The van der Waals surface area contributed by atoms with E-state index in [1.54, 1.807) is 55.9 Å². The van der Waals surface area contributed by atoms with Gasteiger partial charge in [0.05, 0.1) is 22.0 Å². The second-order valence-electron chi connectivity index (χ2n) is 6.86. The van der Waals surface area contributed by atoms with Crippen LogP contribution in [0.2, 0.25) is 5.02 Å². The van der Waals surface area contributed by atoms with Crippen LogP contribution in [0.15, 0.2) is 45.4 Å². The second kappa shape index (κ2) is 10.7. The third-order valence-electron chi connectivity index (χ3n) is 4.50. The maximum Gasteiger partial charge on any atom is 0.274 e. The summed E-state index contributed by atoms with van der Waals surface area (Å²) >= 11 is 9.70. The molecule has 0 spiro atoms. The molecule has 1 aromatic carbocycles. The normalized spacial score (nSPS) is 11.6. The molecule has 0 aliphatic carbocycles. The summed E-state index contributed by atoms with van der Waals surface area (Å²) in [6, 6.07) is 8.35. The summed E-state index contributed by atoms with van der Waals surface area (Å²) in [6.45, 7) is 1.79. The van der Waals surface area contributed by atoms with Crippen LogP contribution in [0.5, 0.6) is 0 Å². The van der Waals surface area contributed by atoms with E-state index in [2.05, 4.69) is 41.0 Å². The number of carbonyl (C=O) groups is 2. The van der Waals surface area contributed by atoms with Gasteiger partial charge in [0.25, 0.3) is 11.8 Å². The lowest BCUT2D eigenvalue weighted by molar-refractivity contribution is 0.0964. The van der Waals surface area contributed by atoms with Crippen molar-refractivity contribution in [1.82, 2.24) is 20.1 Å². The van der Waals surface area contributed by atoms with Crippen molar-refractivity contribution in [2.24, 2.45) is 4.36 Å². The maximum absolute atomic E-state index is 13.4. The van der Waals surface area contributed by atoms with Crippen molar-refractivity contribution >= 4 is 55.7 Å². The fourth-order valence-corrected chi connectivity index (χ4v) is 4.62. The third-order valence-corrected chi connectivity index (χ3v) is 6.36. The zero-order valence-corrected chi connectivity index (χ0v) is 21.0. The Balaban J connectivity index is 2.09. The largest absolute Gasteiger partial charge is 0.355 e. The van der Waals surface area contributed by atoms with Crippen LogP contribution in [0.1, 0.15) is 32.1 Å². The number of nitrogens with zero attached hydrogens (tertiary/aromatic N) is 5. The Morgan fingerprint density at radius 1 is 1.33 bits per heavy atom. The Kier molecular flexibility index (Phi) is 7.97. The third kappa shape index (κ3) is 5.65. The molecule has 1 unspecified atom stereocenters. The first kappa shape index (κ1) is 24.6. The number of aromatic nitrogens is 3. The number of pyridine rings is 1. The molecular weight excluding hydrogens is 530 g/mol. The van der Waals surface area contributed by atoms with Gasteiger partial charge in [-0.2, -0.15) is 14.7 Å². The highest BCUT2D eigenvalue weighted by molar-refractivity contribution is 9.10. The zero-order chi connectivity index (χ0) is 24.1. The number of hydrogen-bond acceptors (Lipinski definition) is 6. The van der Waals surface area contributed by atoms with E-state index >= 15 is 0 Å². The Morgan fingerprint density at radius 2 is 2.09 bits per heavy atom. The molecule has 2 aromatic heterocycles. The topological polar surface area (TPSA) is 125 Å². The first-order valence-electron chi connectivity index (χ1n) is 9.51. The smallest absolute Gasteiger partial charge is 0.274 e. The molecule has 9 nitrogen and oxygen atoms in total. The molecule has 2 N–H and O–H groups in total. The molecule has 2 heterocycles. The molecule has 170 valence electrons. The van der Waals surface area contributed by atoms with Crippen LogP contribution in [-0.4, -0.2) is 39.9 Å². The van der Waals surface area contributed by atoms with Gasteiger partial charge in [-0.05, 0) is 49.1 Å². The highest BCUT2D eigenvalue weighted by Crippen LogP contribution is 2.27. The van der Waals surface area contributed by atoms with Gasteiger partial charge in [-0.25, -0.2) is 9.67 Å². The molecule has 2 amide bonds. The first-order valence-corrected chi connectivity index (χ1v) is 12.4. The van der Waals surface area contributed by atoms with Crippen molar-refractivity contribution < 1.29 is 9.59 Å². The van der Waals surface area contributed by atoms with Gasteiger partial charge in [-0.3, -0.25) is 9.59 Å². The van der Waals surface area contributed by atoms with Crippen LogP contribution in [0.4, 0.5) is 5.69 Å². The summed E-state index contributed by atoms with van der Waals surface area (Å²) < 4.78 is 5.88. The van der Waals surface area contributed by atoms with Crippen molar-refractivity contribution in [2.45, 2.75) is 12.7 Å². The fourth-order valence-electron chi connectivity index (χ4n) is 3.07. The van der Waals surface area contributed by atoms with Crippen molar-refractivity contribution in [3.05, 3.63) is 68.5 Å². The van der Waals surface area contributed by atoms with Gasteiger partial charge in [-0.15, -0.1) is 0 Å². The van der Waals surface area contributed by atoms with E-state index in [0.717, 1.165) is 0 Å². The van der Waals surface area contributed by atoms with E-state index in [0.29, 0.717) is 37.8 Å². The molecule has 0 radical (unpaired) electrons. The van der Waals surface area contributed by atoms with Crippen molar-refractivity contribution in [3.63, 3.8) is 0 Å². The lowest BCUT2D eigenvalue weighted by Gasteiger charge is -2.14. The first-order chi connectivity index (χ1) is 15.7. The lowest BCUT2D eigenvalue weighted by Crippen LogP contribution is -2.23. The molecule has 0 fully saturated rings. The van der Waals surface area contributed by atoms with Gasteiger partial charge in [0.15, 0.2) is 5.82 Å². The maximum atomic E-state index is 13.4.